The van der Waals surface area contributed by atoms with Crippen molar-refractivity contribution in [2.24, 2.45) is 0 Å². The molecule has 6 heteroatoms. The Morgan fingerprint density at radius 3 is 2.50 bits per heavy atom. The number of halogens is 3. The van der Waals surface area contributed by atoms with E-state index >= 15 is 0 Å². The quantitative estimate of drug-likeness (QED) is 0.496. The van der Waals surface area contributed by atoms with E-state index in [-0.39, 0.29) is 17.6 Å². The lowest BCUT2D eigenvalue weighted by atomic mass is 9.92. The summed E-state index contributed by atoms with van der Waals surface area (Å²) in [6, 6.07) is 21.6. The lowest BCUT2D eigenvalue weighted by Crippen LogP contribution is -2.45. The molecule has 4 rings (SSSR count). The molecule has 0 unspecified atom stereocenters. The summed E-state index contributed by atoms with van der Waals surface area (Å²) in [5.74, 6) is 0.658. The van der Waals surface area contributed by atoms with Crippen LogP contribution in [0.25, 0.3) is 11.1 Å². The minimum Gasteiger partial charge on any atom is -0.496 e. The van der Waals surface area contributed by atoms with Gasteiger partial charge in [-0.2, -0.15) is 13.2 Å². The number of methoxy groups -OCH3 is 1. The van der Waals surface area contributed by atoms with Crippen molar-refractivity contribution >= 4 is 0 Å². The number of piperidine rings is 1. The van der Waals surface area contributed by atoms with Gasteiger partial charge in [-0.05, 0) is 54.3 Å². The van der Waals surface area contributed by atoms with Gasteiger partial charge in [-0.15, -0.1) is 0 Å². The number of nitrogens with one attached hydrogen (secondary N) is 2. The molecule has 2 atom stereocenters. The summed E-state index contributed by atoms with van der Waals surface area (Å²) in [6.07, 6.45) is -2.33. The van der Waals surface area contributed by atoms with E-state index in [9.17, 15) is 13.2 Å². The summed E-state index contributed by atoms with van der Waals surface area (Å²) in [7, 11) is 1.58. The highest BCUT2D eigenvalue weighted by Gasteiger charge is 2.33. The Morgan fingerprint density at radius 2 is 1.75 bits per heavy atom. The molecule has 168 valence electrons. The minimum absolute atomic E-state index is 0.172. The Bertz CT molecular complexity index is 1040. The molecule has 1 aliphatic rings. The van der Waals surface area contributed by atoms with Crippen molar-refractivity contribution in [3.05, 3.63) is 89.5 Å². The molecule has 0 saturated carbocycles. The van der Waals surface area contributed by atoms with E-state index in [0.717, 1.165) is 31.0 Å². The summed E-state index contributed by atoms with van der Waals surface area (Å²) in [4.78, 5) is 0. The lowest BCUT2D eigenvalue weighted by molar-refractivity contribution is -0.137. The van der Waals surface area contributed by atoms with Gasteiger partial charge in [-0.3, -0.25) is 0 Å². The molecular weight excluding hydrogens is 413 g/mol. The summed E-state index contributed by atoms with van der Waals surface area (Å²) >= 11 is 0. The summed E-state index contributed by atoms with van der Waals surface area (Å²) in [5, 5.41) is 7.21. The number of hydrogen-bond acceptors (Lipinski definition) is 3. The van der Waals surface area contributed by atoms with Crippen LogP contribution in [-0.4, -0.2) is 19.7 Å². The fraction of sp³-hybridized carbons (Fsp3) is 0.308. The Morgan fingerprint density at radius 1 is 1.00 bits per heavy atom. The van der Waals surface area contributed by atoms with Crippen LogP contribution in [0.3, 0.4) is 0 Å². The van der Waals surface area contributed by atoms with Gasteiger partial charge >= 0.3 is 6.18 Å². The average Bonchev–Trinajstić information content (AvgIpc) is 2.83. The zero-order valence-corrected chi connectivity index (χ0v) is 18.0. The first-order valence-electron chi connectivity index (χ1n) is 10.8. The van der Waals surface area contributed by atoms with Crippen LogP contribution in [0.5, 0.6) is 5.75 Å². The van der Waals surface area contributed by atoms with E-state index in [0.29, 0.717) is 17.9 Å². The molecule has 0 bridgehead atoms. The van der Waals surface area contributed by atoms with Gasteiger partial charge < -0.3 is 15.4 Å². The van der Waals surface area contributed by atoms with Crippen LogP contribution in [0, 0.1) is 0 Å². The molecule has 32 heavy (non-hydrogen) atoms. The molecule has 1 saturated heterocycles. The van der Waals surface area contributed by atoms with Gasteiger partial charge in [0.1, 0.15) is 5.75 Å². The highest BCUT2D eigenvalue weighted by Crippen LogP contribution is 2.38. The highest BCUT2D eigenvalue weighted by atomic mass is 19.4. The SMILES string of the molecule is COc1ccc(-c2ccccc2C(F)(F)F)cc1CN[C@@H]1CCCN[C@@H]1c1ccccc1. The van der Waals surface area contributed by atoms with Gasteiger partial charge in [0, 0.05) is 24.2 Å². The zero-order valence-electron chi connectivity index (χ0n) is 18.0. The standard InChI is InChI=1S/C26H27F3N2O/c1-32-24-14-13-19(21-10-5-6-11-22(21)26(27,28)29)16-20(24)17-31-23-12-7-15-30-25(23)18-8-3-2-4-9-18/h2-6,8-11,13-14,16,23,25,30-31H,7,12,15,17H2,1H3/t23-,25-/m1/s1. The summed E-state index contributed by atoms with van der Waals surface area (Å²) < 4.78 is 46.1. The van der Waals surface area contributed by atoms with Crippen LogP contribution in [-0.2, 0) is 12.7 Å². The molecule has 3 aromatic rings. The van der Waals surface area contributed by atoms with Crippen molar-refractivity contribution in [1.29, 1.82) is 0 Å². The van der Waals surface area contributed by atoms with Crippen LogP contribution in [0.4, 0.5) is 13.2 Å². The Labute approximate surface area is 186 Å². The molecule has 2 N–H and O–H groups in total. The van der Waals surface area contributed by atoms with Gasteiger partial charge in [-0.25, -0.2) is 0 Å². The molecule has 0 spiro atoms. The van der Waals surface area contributed by atoms with Crippen molar-refractivity contribution in [3.8, 4) is 16.9 Å². The first-order valence-corrected chi connectivity index (χ1v) is 10.8. The smallest absolute Gasteiger partial charge is 0.417 e. The van der Waals surface area contributed by atoms with E-state index in [1.54, 1.807) is 31.4 Å². The van der Waals surface area contributed by atoms with E-state index in [2.05, 4.69) is 22.8 Å². The van der Waals surface area contributed by atoms with Crippen molar-refractivity contribution in [2.75, 3.05) is 13.7 Å². The Balaban J connectivity index is 1.59. The van der Waals surface area contributed by atoms with Gasteiger partial charge in [0.15, 0.2) is 0 Å². The van der Waals surface area contributed by atoms with Crippen LogP contribution in [0.2, 0.25) is 0 Å². The van der Waals surface area contributed by atoms with Crippen molar-refractivity contribution in [2.45, 2.75) is 37.6 Å². The number of alkyl halides is 3. The largest absolute Gasteiger partial charge is 0.496 e. The van der Waals surface area contributed by atoms with Gasteiger partial charge in [0.2, 0.25) is 0 Å². The molecule has 3 nitrogen and oxygen atoms in total. The predicted molar refractivity (Wildman–Crippen MR) is 120 cm³/mol. The van der Waals surface area contributed by atoms with Crippen molar-refractivity contribution in [3.63, 3.8) is 0 Å². The molecule has 0 amide bonds. The minimum atomic E-state index is -4.41. The van der Waals surface area contributed by atoms with E-state index in [1.807, 2.05) is 18.2 Å². The topological polar surface area (TPSA) is 33.3 Å². The fourth-order valence-electron chi connectivity index (χ4n) is 4.43. The fourth-order valence-corrected chi connectivity index (χ4v) is 4.43. The number of ether oxygens (including phenoxy) is 1. The van der Waals surface area contributed by atoms with E-state index in [4.69, 9.17) is 4.74 Å². The normalized spacial score (nSPS) is 19.0. The molecular formula is C26H27F3N2O. The van der Waals surface area contributed by atoms with Gasteiger partial charge in [0.05, 0.1) is 12.7 Å². The molecule has 0 radical (unpaired) electrons. The Kier molecular flexibility index (Phi) is 6.82. The average molecular weight is 441 g/mol. The number of benzene rings is 3. The summed E-state index contributed by atoms with van der Waals surface area (Å²) in [5.41, 5.74) is 2.12. The van der Waals surface area contributed by atoms with E-state index in [1.165, 1.54) is 17.7 Å². The third-order valence-electron chi connectivity index (χ3n) is 6.00. The van der Waals surface area contributed by atoms with Crippen LogP contribution >= 0.6 is 0 Å². The van der Waals surface area contributed by atoms with Crippen LogP contribution < -0.4 is 15.4 Å². The second-order valence-electron chi connectivity index (χ2n) is 8.04. The molecule has 0 aliphatic carbocycles. The summed E-state index contributed by atoms with van der Waals surface area (Å²) in [6.45, 7) is 1.46. The number of hydrogen-bond donors (Lipinski definition) is 2. The second-order valence-corrected chi connectivity index (χ2v) is 8.04. The van der Waals surface area contributed by atoms with Crippen LogP contribution in [0.1, 0.15) is 35.6 Å². The number of rotatable bonds is 6. The first-order chi connectivity index (χ1) is 15.5. The Hall–Kier alpha value is -2.83. The predicted octanol–water partition coefficient (Wildman–Crippen LogP) is 5.96. The van der Waals surface area contributed by atoms with Crippen molar-refractivity contribution < 1.29 is 17.9 Å². The molecule has 0 aromatic heterocycles. The molecule has 3 aromatic carbocycles. The molecule has 1 heterocycles. The van der Waals surface area contributed by atoms with Crippen molar-refractivity contribution in [1.82, 2.24) is 10.6 Å². The van der Waals surface area contributed by atoms with E-state index < -0.39 is 11.7 Å². The first kappa shape index (κ1) is 22.4. The van der Waals surface area contributed by atoms with Gasteiger partial charge in [0.25, 0.3) is 0 Å². The third-order valence-corrected chi connectivity index (χ3v) is 6.00. The molecule has 1 fully saturated rings. The third kappa shape index (κ3) is 4.97. The second kappa shape index (κ2) is 9.76. The van der Waals surface area contributed by atoms with Gasteiger partial charge in [-0.1, -0.05) is 54.6 Å². The zero-order chi connectivity index (χ0) is 22.6. The maximum Gasteiger partial charge on any atom is 0.417 e. The molecule has 1 aliphatic heterocycles. The maximum absolute atomic E-state index is 13.5. The maximum atomic E-state index is 13.5. The lowest BCUT2D eigenvalue weighted by Gasteiger charge is -2.34. The van der Waals surface area contributed by atoms with Crippen LogP contribution in [0.15, 0.2) is 72.8 Å². The highest BCUT2D eigenvalue weighted by molar-refractivity contribution is 5.69. The monoisotopic (exact) mass is 440 g/mol.